The lowest BCUT2D eigenvalue weighted by Gasteiger charge is -2.19. The van der Waals surface area contributed by atoms with Crippen molar-refractivity contribution in [1.29, 1.82) is 0 Å². The van der Waals surface area contributed by atoms with Crippen LogP contribution in [-0.2, 0) is 0 Å². The van der Waals surface area contributed by atoms with E-state index in [4.69, 9.17) is 15.0 Å². The molecule has 0 unspecified atom stereocenters. The van der Waals surface area contributed by atoms with Crippen molar-refractivity contribution in [1.82, 2.24) is 24.1 Å². The Morgan fingerprint density at radius 1 is 0.243 bits per heavy atom. The van der Waals surface area contributed by atoms with Gasteiger partial charge in [0.15, 0.2) is 11.6 Å². The molecule has 0 saturated carbocycles. The van der Waals surface area contributed by atoms with E-state index in [1.165, 1.54) is 11.1 Å². The Balaban J connectivity index is 1.07. The number of nitrogens with zero attached hydrogens (tertiary/aromatic N) is 5. The van der Waals surface area contributed by atoms with E-state index < -0.39 is 0 Å². The molecule has 0 saturated heterocycles. The zero-order valence-electron chi connectivity index (χ0n) is 40.2. The highest BCUT2D eigenvalue weighted by Crippen LogP contribution is 2.45. The van der Waals surface area contributed by atoms with Gasteiger partial charge in [-0.05, 0) is 80.4 Å². The lowest BCUT2D eigenvalue weighted by atomic mass is 9.91. The molecule has 0 radical (unpaired) electrons. The van der Waals surface area contributed by atoms with Crippen LogP contribution < -0.4 is 0 Å². The maximum atomic E-state index is 5.52. The summed E-state index contributed by atoms with van der Waals surface area (Å²) < 4.78 is 4.77. The fraction of sp³-hybridized carbons (Fsp3) is 0. The van der Waals surface area contributed by atoms with Gasteiger partial charge in [0.05, 0.1) is 27.8 Å². The first-order chi connectivity index (χ1) is 36.7. The van der Waals surface area contributed by atoms with Crippen LogP contribution in [0.2, 0.25) is 0 Å². The third-order valence-electron chi connectivity index (χ3n) is 14.4. The van der Waals surface area contributed by atoms with Crippen LogP contribution in [0.5, 0.6) is 0 Å². The lowest BCUT2D eigenvalue weighted by Crippen LogP contribution is -2.07. The van der Waals surface area contributed by atoms with Crippen molar-refractivity contribution >= 4 is 43.6 Å². The maximum absolute atomic E-state index is 5.52. The van der Waals surface area contributed by atoms with E-state index >= 15 is 0 Å². The summed E-state index contributed by atoms with van der Waals surface area (Å²) >= 11 is 0. The first-order valence-electron chi connectivity index (χ1n) is 25.1. The fourth-order valence-corrected chi connectivity index (χ4v) is 11.0. The average Bonchev–Trinajstić information content (AvgIpc) is 4.01. The summed E-state index contributed by atoms with van der Waals surface area (Å²) in [6.07, 6.45) is 0. The van der Waals surface area contributed by atoms with Crippen molar-refractivity contribution in [2.75, 3.05) is 0 Å². The number of rotatable bonds is 9. The normalized spacial score (nSPS) is 11.5. The minimum absolute atomic E-state index is 0.535. The number of fused-ring (bicyclic) bond motifs is 7. The second-order valence-corrected chi connectivity index (χ2v) is 18.7. The van der Waals surface area contributed by atoms with Gasteiger partial charge in [-0.1, -0.05) is 243 Å². The van der Waals surface area contributed by atoms with Crippen LogP contribution in [0, 0.1) is 0 Å². The fourth-order valence-electron chi connectivity index (χ4n) is 11.0. The molecule has 0 fully saturated rings. The zero-order chi connectivity index (χ0) is 49.0. The molecule has 0 aliphatic heterocycles. The maximum Gasteiger partial charge on any atom is 0.238 e. The van der Waals surface area contributed by atoms with Crippen molar-refractivity contribution in [3.63, 3.8) is 0 Å². The van der Waals surface area contributed by atoms with E-state index in [0.717, 1.165) is 105 Å². The molecule has 0 aliphatic carbocycles. The standard InChI is InChI=1S/C69H45N5/c1-5-20-46(21-6-1)49-38-40-51(41-39-49)67-70-68(55-31-18-29-53(45-55)48-24-9-3-10-25-48)72-69(71-67)74-62-36-16-14-33-58(62)60-43-42-59-57-32-13-15-35-61(57)73(65(59)66(60)74)63-37-19-34-56(64(63)50-26-11-4-12-27-50)54-30-17-28-52(44-54)47-22-7-2-8-23-47/h1-45H. The van der Waals surface area contributed by atoms with Crippen LogP contribution in [0.4, 0.5) is 0 Å². The minimum atomic E-state index is 0.535. The molecule has 0 amide bonds. The molecule has 0 aliphatic rings. The molecule has 0 atom stereocenters. The lowest BCUT2D eigenvalue weighted by molar-refractivity contribution is 0.953. The van der Waals surface area contributed by atoms with E-state index in [1.807, 2.05) is 12.1 Å². The number of para-hydroxylation sites is 2. The van der Waals surface area contributed by atoms with Gasteiger partial charge < -0.3 is 4.57 Å². The average molecular weight is 944 g/mol. The van der Waals surface area contributed by atoms with E-state index in [9.17, 15) is 0 Å². The van der Waals surface area contributed by atoms with Gasteiger partial charge in [-0.2, -0.15) is 9.97 Å². The molecule has 3 heterocycles. The molecule has 0 spiro atoms. The summed E-state index contributed by atoms with van der Waals surface area (Å²) in [7, 11) is 0. The largest absolute Gasteiger partial charge is 0.307 e. The Bertz CT molecular complexity index is 4390. The van der Waals surface area contributed by atoms with Gasteiger partial charge in [0.2, 0.25) is 5.95 Å². The highest BCUT2D eigenvalue weighted by atomic mass is 15.2. The monoisotopic (exact) mass is 943 g/mol. The predicted octanol–water partition coefficient (Wildman–Crippen LogP) is 17.7. The Morgan fingerprint density at radius 2 is 0.649 bits per heavy atom. The Labute approximate surface area is 428 Å². The third-order valence-corrected chi connectivity index (χ3v) is 14.4. The van der Waals surface area contributed by atoms with Gasteiger partial charge >= 0.3 is 0 Å². The van der Waals surface area contributed by atoms with Crippen molar-refractivity contribution in [3.8, 4) is 90.0 Å². The Hall–Kier alpha value is -9.97. The Morgan fingerprint density at radius 3 is 1.24 bits per heavy atom. The summed E-state index contributed by atoms with van der Waals surface area (Å²) in [5.41, 5.74) is 18.5. The summed E-state index contributed by atoms with van der Waals surface area (Å²) in [6, 6.07) is 97.2. The predicted molar refractivity (Wildman–Crippen MR) is 307 cm³/mol. The molecule has 0 bridgehead atoms. The highest BCUT2D eigenvalue weighted by Gasteiger charge is 2.26. The number of aromatic nitrogens is 5. The van der Waals surface area contributed by atoms with E-state index in [0.29, 0.717) is 17.6 Å². The van der Waals surface area contributed by atoms with Crippen LogP contribution in [0.3, 0.4) is 0 Å². The quantitative estimate of drug-likeness (QED) is 0.145. The molecule has 11 aromatic carbocycles. The molecule has 346 valence electrons. The number of hydrogen-bond donors (Lipinski definition) is 0. The van der Waals surface area contributed by atoms with E-state index in [2.05, 4.69) is 270 Å². The van der Waals surface area contributed by atoms with Gasteiger partial charge in [-0.15, -0.1) is 0 Å². The highest BCUT2D eigenvalue weighted by molar-refractivity contribution is 6.24. The van der Waals surface area contributed by atoms with Gasteiger partial charge in [0.25, 0.3) is 0 Å². The van der Waals surface area contributed by atoms with Gasteiger partial charge in [0, 0.05) is 38.2 Å². The summed E-state index contributed by atoms with van der Waals surface area (Å²) in [4.78, 5) is 16.3. The van der Waals surface area contributed by atoms with Crippen LogP contribution in [0.15, 0.2) is 273 Å². The van der Waals surface area contributed by atoms with Crippen LogP contribution in [-0.4, -0.2) is 24.1 Å². The molecule has 3 aromatic heterocycles. The van der Waals surface area contributed by atoms with Gasteiger partial charge in [0.1, 0.15) is 0 Å². The first-order valence-corrected chi connectivity index (χ1v) is 25.1. The van der Waals surface area contributed by atoms with Crippen molar-refractivity contribution in [2.45, 2.75) is 0 Å². The second kappa shape index (κ2) is 18.0. The second-order valence-electron chi connectivity index (χ2n) is 18.7. The van der Waals surface area contributed by atoms with E-state index in [-0.39, 0.29) is 0 Å². The van der Waals surface area contributed by atoms with Crippen LogP contribution >= 0.6 is 0 Å². The topological polar surface area (TPSA) is 48.5 Å². The molecular weight excluding hydrogens is 899 g/mol. The SMILES string of the molecule is c1ccc(-c2ccc(-c3nc(-c4cccc(-c5ccccc5)c4)nc(-n4c5ccccc5c5ccc6c7ccccc7n(-c7cccc(-c8cccc(-c9ccccc9)c8)c7-c7ccccc7)c6c54)n3)cc2)cc1. The smallest absolute Gasteiger partial charge is 0.238 e. The molecule has 5 nitrogen and oxygen atoms in total. The van der Waals surface area contributed by atoms with E-state index in [1.54, 1.807) is 0 Å². The minimum Gasteiger partial charge on any atom is -0.307 e. The van der Waals surface area contributed by atoms with Crippen molar-refractivity contribution in [3.05, 3.63) is 273 Å². The summed E-state index contributed by atoms with van der Waals surface area (Å²) in [5, 5.41) is 4.50. The molecule has 0 N–H and O–H groups in total. The van der Waals surface area contributed by atoms with Gasteiger partial charge in [-0.3, -0.25) is 4.57 Å². The first kappa shape index (κ1) is 42.9. The zero-order valence-corrected chi connectivity index (χ0v) is 40.2. The molecular formula is C69H45N5. The molecule has 74 heavy (non-hydrogen) atoms. The summed E-state index contributed by atoms with van der Waals surface area (Å²) in [5.74, 6) is 1.71. The molecule has 5 heteroatoms. The summed E-state index contributed by atoms with van der Waals surface area (Å²) in [6.45, 7) is 0. The van der Waals surface area contributed by atoms with Crippen LogP contribution in [0.25, 0.3) is 134 Å². The molecule has 14 rings (SSSR count). The Kier molecular flexibility index (Phi) is 10.4. The van der Waals surface area contributed by atoms with Crippen molar-refractivity contribution < 1.29 is 0 Å². The molecule has 14 aromatic rings. The van der Waals surface area contributed by atoms with Crippen molar-refractivity contribution in [2.24, 2.45) is 0 Å². The van der Waals surface area contributed by atoms with Gasteiger partial charge in [-0.25, -0.2) is 4.98 Å². The third kappa shape index (κ3) is 7.37. The number of benzene rings is 11. The number of hydrogen-bond acceptors (Lipinski definition) is 3. The van der Waals surface area contributed by atoms with Crippen LogP contribution in [0.1, 0.15) is 0 Å².